The number of hydrogen-bond donors (Lipinski definition) is 1. The van der Waals surface area contributed by atoms with Crippen LogP contribution in [0.5, 0.6) is 0 Å². The Bertz CT molecular complexity index is 797. The van der Waals surface area contributed by atoms with Gasteiger partial charge in [-0.05, 0) is 30.9 Å². The first-order chi connectivity index (χ1) is 11.1. The van der Waals surface area contributed by atoms with E-state index >= 15 is 0 Å². The van der Waals surface area contributed by atoms with Crippen LogP contribution in [0.4, 0.5) is 11.6 Å². The van der Waals surface area contributed by atoms with Crippen LogP contribution in [0.15, 0.2) is 35.1 Å². The van der Waals surface area contributed by atoms with Crippen LogP contribution < -0.4 is 16.2 Å². The lowest BCUT2D eigenvalue weighted by Gasteiger charge is -2.29. The summed E-state index contributed by atoms with van der Waals surface area (Å²) in [6.45, 7) is 2.47. The minimum atomic E-state index is -0.284. The maximum absolute atomic E-state index is 12.7. The minimum absolute atomic E-state index is 0.0873. The molecule has 0 spiro atoms. The number of anilines is 2. The zero-order valence-corrected chi connectivity index (χ0v) is 13.2. The Kier molecular flexibility index (Phi) is 4.14. The summed E-state index contributed by atoms with van der Waals surface area (Å²) < 4.78 is 1.23. The minimum Gasteiger partial charge on any atom is -0.369 e. The first-order valence-electron chi connectivity index (χ1n) is 7.84. The van der Waals surface area contributed by atoms with Crippen LogP contribution in [0, 0.1) is 0 Å². The number of nitrogens with zero attached hydrogens (tertiary/aromatic N) is 3. The summed E-state index contributed by atoms with van der Waals surface area (Å²) in [5.41, 5.74) is 8.29. The maximum atomic E-state index is 12.7. The standard InChI is InChI=1S/C17H20N4O2/c1-2-13-10-15(22)21(17(18)19-13)11-16(23)20-9-5-7-12-6-3-4-8-14(12)20/h3-4,6,8,10H,2,5,7,9,11H2,1H3,(H2,18,19). The van der Waals surface area contributed by atoms with Gasteiger partial charge in [-0.3, -0.25) is 14.2 Å². The molecule has 0 saturated carbocycles. The molecule has 0 aliphatic carbocycles. The summed E-state index contributed by atoms with van der Waals surface area (Å²) in [6, 6.07) is 9.31. The molecule has 3 rings (SSSR count). The second kappa shape index (κ2) is 6.24. The Morgan fingerprint density at radius 2 is 2.13 bits per heavy atom. The van der Waals surface area contributed by atoms with E-state index in [2.05, 4.69) is 4.98 Å². The number of aromatic nitrogens is 2. The van der Waals surface area contributed by atoms with Crippen LogP contribution in [0.1, 0.15) is 24.6 Å². The predicted octanol–water partition coefficient (Wildman–Crippen LogP) is 1.37. The highest BCUT2D eigenvalue weighted by Crippen LogP contribution is 2.26. The molecule has 1 aromatic heterocycles. The molecule has 0 saturated heterocycles. The van der Waals surface area contributed by atoms with E-state index in [1.807, 2.05) is 31.2 Å². The maximum Gasteiger partial charge on any atom is 0.255 e. The van der Waals surface area contributed by atoms with E-state index in [0.717, 1.165) is 24.1 Å². The van der Waals surface area contributed by atoms with Crippen molar-refractivity contribution in [3.05, 3.63) is 51.9 Å². The van der Waals surface area contributed by atoms with Crippen molar-refractivity contribution in [3.8, 4) is 0 Å². The number of carbonyl (C=O) groups is 1. The lowest BCUT2D eigenvalue weighted by molar-refractivity contribution is -0.119. The number of para-hydroxylation sites is 1. The molecule has 120 valence electrons. The molecule has 0 atom stereocenters. The van der Waals surface area contributed by atoms with Crippen LogP contribution in [-0.2, 0) is 24.2 Å². The highest BCUT2D eigenvalue weighted by molar-refractivity contribution is 5.94. The number of benzene rings is 1. The second-order valence-electron chi connectivity index (χ2n) is 5.66. The summed E-state index contributed by atoms with van der Waals surface area (Å²) in [7, 11) is 0. The molecular weight excluding hydrogens is 292 g/mol. The molecule has 23 heavy (non-hydrogen) atoms. The van der Waals surface area contributed by atoms with Gasteiger partial charge in [0, 0.05) is 24.0 Å². The highest BCUT2D eigenvalue weighted by atomic mass is 16.2. The van der Waals surface area contributed by atoms with Gasteiger partial charge < -0.3 is 10.6 Å². The van der Waals surface area contributed by atoms with Crippen molar-refractivity contribution in [3.63, 3.8) is 0 Å². The van der Waals surface area contributed by atoms with Gasteiger partial charge in [-0.2, -0.15) is 0 Å². The predicted molar refractivity (Wildman–Crippen MR) is 89.4 cm³/mol. The number of carbonyl (C=O) groups excluding carboxylic acids is 1. The SMILES string of the molecule is CCc1cc(=O)n(CC(=O)N2CCCc3ccccc32)c(N)n1. The van der Waals surface area contributed by atoms with E-state index in [4.69, 9.17) is 5.73 Å². The summed E-state index contributed by atoms with van der Waals surface area (Å²) in [6.07, 6.45) is 2.52. The number of nitrogen functional groups attached to an aromatic ring is 1. The summed E-state index contributed by atoms with van der Waals surface area (Å²) >= 11 is 0. The third-order valence-electron chi connectivity index (χ3n) is 4.16. The topological polar surface area (TPSA) is 81.2 Å². The molecule has 0 fully saturated rings. The van der Waals surface area contributed by atoms with Gasteiger partial charge in [0.1, 0.15) is 6.54 Å². The van der Waals surface area contributed by atoms with E-state index in [-0.39, 0.29) is 24.0 Å². The fourth-order valence-electron chi connectivity index (χ4n) is 2.93. The quantitative estimate of drug-likeness (QED) is 0.928. The molecule has 1 aliphatic rings. The summed E-state index contributed by atoms with van der Waals surface area (Å²) in [5, 5.41) is 0. The van der Waals surface area contributed by atoms with Crippen LogP contribution >= 0.6 is 0 Å². The third-order valence-corrected chi connectivity index (χ3v) is 4.16. The Hall–Kier alpha value is -2.63. The number of rotatable bonds is 3. The van der Waals surface area contributed by atoms with E-state index in [1.54, 1.807) is 4.90 Å². The van der Waals surface area contributed by atoms with Gasteiger partial charge in [-0.25, -0.2) is 4.98 Å². The van der Waals surface area contributed by atoms with Gasteiger partial charge in [-0.1, -0.05) is 25.1 Å². The number of hydrogen-bond acceptors (Lipinski definition) is 4. The zero-order valence-electron chi connectivity index (χ0n) is 13.2. The summed E-state index contributed by atoms with van der Waals surface area (Å²) in [4.78, 5) is 30.7. The Balaban J connectivity index is 1.88. The van der Waals surface area contributed by atoms with Crippen molar-refractivity contribution in [2.24, 2.45) is 0 Å². The highest BCUT2D eigenvalue weighted by Gasteiger charge is 2.23. The monoisotopic (exact) mass is 312 g/mol. The van der Waals surface area contributed by atoms with Gasteiger partial charge in [0.05, 0.1) is 0 Å². The zero-order chi connectivity index (χ0) is 16.4. The van der Waals surface area contributed by atoms with Crippen LogP contribution in [0.25, 0.3) is 0 Å². The Labute approximate surface area is 134 Å². The summed E-state index contributed by atoms with van der Waals surface area (Å²) in [5.74, 6) is -0.0509. The Morgan fingerprint density at radius 1 is 1.35 bits per heavy atom. The van der Waals surface area contributed by atoms with Gasteiger partial charge in [-0.15, -0.1) is 0 Å². The van der Waals surface area contributed by atoms with Crippen LogP contribution in [0.2, 0.25) is 0 Å². The van der Waals surface area contributed by atoms with E-state index in [0.29, 0.717) is 18.7 Å². The van der Waals surface area contributed by atoms with E-state index in [1.165, 1.54) is 10.6 Å². The third kappa shape index (κ3) is 2.97. The molecule has 0 radical (unpaired) electrons. The normalized spacial score (nSPS) is 13.7. The van der Waals surface area contributed by atoms with Crippen molar-refractivity contribution in [1.82, 2.24) is 9.55 Å². The number of nitrogens with two attached hydrogens (primary N) is 1. The molecule has 1 aliphatic heterocycles. The number of aryl methyl sites for hydroxylation is 2. The average Bonchev–Trinajstić information content (AvgIpc) is 2.57. The molecule has 6 heteroatoms. The molecule has 0 bridgehead atoms. The molecule has 0 unspecified atom stereocenters. The molecule has 2 aromatic rings. The molecule has 6 nitrogen and oxygen atoms in total. The van der Waals surface area contributed by atoms with Crippen LogP contribution in [0.3, 0.4) is 0 Å². The molecular formula is C17H20N4O2. The average molecular weight is 312 g/mol. The van der Waals surface area contributed by atoms with Crippen molar-refractivity contribution >= 4 is 17.5 Å². The fraction of sp³-hybridized carbons (Fsp3) is 0.353. The first kappa shape index (κ1) is 15.3. The van der Waals surface area contributed by atoms with Gasteiger partial charge in [0.15, 0.2) is 0 Å². The van der Waals surface area contributed by atoms with E-state index < -0.39 is 0 Å². The fourth-order valence-corrected chi connectivity index (χ4v) is 2.93. The smallest absolute Gasteiger partial charge is 0.255 e. The lowest BCUT2D eigenvalue weighted by atomic mass is 10.0. The van der Waals surface area contributed by atoms with Gasteiger partial charge in [0.2, 0.25) is 11.9 Å². The lowest BCUT2D eigenvalue weighted by Crippen LogP contribution is -2.40. The molecule has 1 amide bonds. The first-order valence-corrected chi connectivity index (χ1v) is 7.84. The van der Waals surface area contributed by atoms with Gasteiger partial charge in [0.25, 0.3) is 5.56 Å². The van der Waals surface area contributed by atoms with Crippen LogP contribution in [-0.4, -0.2) is 22.0 Å². The largest absolute Gasteiger partial charge is 0.369 e. The van der Waals surface area contributed by atoms with Gasteiger partial charge >= 0.3 is 0 Å². The van der Waals surface area contributed by atoms with Crippen molar-refractivity contribution < 1.29 is 4.79 Å². The second-order valence-corrected chi connectivity index (χ2v) is 5.66. The Morgan fingerprint density at radius 3 is 2.87 bits per heavy atom. The van der Waals surface area contributed by atoms with Crippen molar-refractivity contribution in [2.75, 3.05) is 17.2 Å². The van der Waals surface area contributed by atoms with E-state index in [9.17, 15) is 9.59 Å². The molecule has 1 aromatic carbocycles. The van der Waals surface area contributed by atoms with Crippen molar-refractivity contribution in [2.45, 2.75) is 32.7 Å². The number of fused-ring (bicyclic) bond motifs is 1. The van der Waals surface area contributed by atoms with Crippen molar-refractivity contribution in [1.29, 1.82) is 0 Å². The number of amides is 1. The molecule has 2 heterocycles. The molecule has 2 N–H and O–H groups in total.